The Morgan fingerprint density at radius 3 is 3.06 bits per heavy atom. The van der Waals surface area contributed by atoms with Crippen molar-refractivity contribution in [3.05, 3.63) is 28.5 Å². The van der Waals surface area contributed by atoms with E-state index in [0.29, 0.717) is 10.2 Å². The lowest BCUT2D eigenvalue weighted by Crippen LogP contribution is -2.14. The molecule has 0 aliphatic carbocycles. The van der Waals surface area contributed by atoms with Crippen LogP contribution in [-0.4, -0.2) is 33.2 Å². The highest BCUT2D eigenvalue weighted by Gasteiger charge is 2.12. The van der Waals surface area contributed by atoms with Crippen molar-refractivity contribution in [3.8, 4) is 6.01 Å². The van der Waals surface area contributed by atoms with Crippen molar-refractivity contribution in [3.63, 3.8) is 0 Å². The molecule has 2 aromatic heterocycles. The fourth-order valence-corrected chi connectivity index (χ4v) is 1.55. The highest BCUT2D eigenvalue weighted by molar-refractivity contribution is 9.10. The molecule has 0 fully saturated rings. The number of rotatable bonds is 3. The number of amides is 1. The van der Waals surface area contributed by atoms with E-state index in [1.807, 2.05) is 0 Å². The van der Waals surface area contributed by atoms with Gasteiger partial charge in [0, 0.05) is 6.20 Å². The van der Waals surface area contributed by atoms with Crippen LogP contribution >= 0.6 is 15.9 Å². The average Bonchev–Trinajstić information content (AvgIpc) is 2.77. The maximum Gasteiger partial charge on any atom is 0.336 e. The minimum absolute atomic E-state index is 0.158. The molecule has 2 N–H and O–H groups in total. The van der Waals surface area contributed by atoms with Crippen molar-refractivity contribution in [2.75, 3.05) is 12.4 Å². The van der Waals surface area contributed by atoms with Crippen LogP contribution in [0.1, 0.15) is 10.4 Å². The summed E-state index contributed by atoms with van der Waals surface area (Å²) in [7, 11) is 1.44. The number of H-pyrrole nitrogens is 1. The number of methoxy groups -OCH3 is 1. The van der Waals surface area contributed by atoms with Gasteiger partial charge in [0.15, 0.2) is 0 Å². The SMILES string of the molecule is COc1n[nH]c(NC(=O)c2cccnc2Br)n1. The Morgan fingerprint density at radius 2 is 2.41 bits per heavy atom. The van der Waals surface area contributed by atoms with Gasteiger partial charge in [-0.05, 0) is 28.1 Å². The van der Waals surface area contributed by atoms with Crippen LogP contribution in [0, 0.1) is 0 Å². The minimum Gasteiger partial charge on any atom is -0.466 e. The lowest BCUT2D eigenvalue weighted by atomic mass is 10.3. The smallest absolute Gasteiger partial charge is 0.336 e. The third-order valence-corrected chi connectivity index (χ3v) is 2.52. The van der Waals surface area contributed by atoms with Gasteiger partial charge in [0.05, 0.1) is 12.7 Å². The maximum absolute atomic E-state index is 11.8. The molecule has 1 amide bonds. The molecule has 2 aromatic rings. The van der Waals surface area contributed by atoms with Crippen molar-refractivity contribution in [2.45, 2.75) is 0 Å². The summed E-state index contributed by atoms with van der Waals surface area (Å²) in [6.07, 6.45) is 1.58. The molecular formula is C9H8BrN5O2. The third-order valence-electron chi connectivity index (χ3n) is 1.88. The first-order valence-electron chi connectivity index (χ1n) is 4.59. The van der Waals surface area contributed by atoms with Crippen molar-refractivity contribution in [2.24, 2.45) is 0 Å². The lowest BCUT2D eigenvalue weighted by Gasteiger charge is -2.02. The van der Waals surface area contributed by atoms with Crippen molar-refractivity contribution < 1.29 is 9.53 Å². The van der Waals surface area contributed by atoms with E-state index in [2.05, 4.69) is 41.4 Å². The van der Waals surface area contributed by atoms with Crippen LogP contribution in [0.2, 0.25) is 0 Å². The van der Waals surface area contributed by atoms with Crippen LogP contribution in [0.4, 0.5) is 5.95 Å². The van der Waals surface area contributed by atoms with Crippen LogP contribution in [0.25, 0.3) is 0 Å². The summed E-state index contributed by atoms with van der Waals surface area (Å²) in [6, 6.07) is 3.46. The van der Waals surface area contributed by atoms with Crippen LogP contribution in [0.3, 0.4) is 0 Å². The van der Waals surface area contributed by atoms with Gasteiger partial charge >= 0.3 is 6.01 Å². The first kappa shape index (κ1) is 11.5. The molecule has 0 bridgehead atoms. The summed E-state index contributed by atoms with van der Waals surface area (Å²) in [4.78, 5) is 19.6. The van der Waals surface area contributed by atoms with E-state index >= 15 is 0 Å². The van der Waals surface area contributed by atoms with Gasteiger partial charge < -0.3 is 4.74 Å². The lowest BCUT2D eigenvalue weighted by molar-refractivity contribution is 0.102. The molecule has 2 rings (SSSR count). The molecule has 7 nitrogen and oxygen atoms in total. The first-order chi connectivity index (χ1) is 8.20. The molecule has 8 heteroatoms. The zero-order valence-corrected chi connectivity index (χ0v) is 10.4. The van der Waals surface area contributed by atoms with Crippen LogP contribution in [-0.2, 0) is 0 Å². The number of anilines is 1. The van der Waals surface area contributed by atoms with Crippen molar-refractivity contribution >= 4 is 27.8 Å². The fraction of sp³-hybridized carbons (Fsp3) is 0.111. The van der Waals surface area contributed by atoms with Crippen LogP contribution in [0.15, 0.2) is 22.9 Å². The zero-order chi connectivity index (χ0) is 12.3. The number of carbonyl (C=O) groups is 1. The molecule has 0 saturated heterocycles. The molecule has 0 aliphatic heterocycles. The number of aromatic nitrogens is 4. The summed E-state index contributed by atoms with van der Waals surface area (Å²) in [5.74, 6) is -0.133. The van der Waals surface area contributed by atoms with Gasteiger partial charge in [-0.25, -0.2) is 10.1 Å². The second-order valence-corrected chi connectivity index (χ2v) is 3.72. The highest BCUT2D eigenvalue weighted by Crippen LogP contribution is 2.14. The van der Waals surface area contributed by atoms with Gasteiger partial charge in [0.1, 0.15) is 4.60 Å². The summed E-state index contributed by atoms with van der Waals surface area (Å²) in [5.41, 5.74) is 0.405. The van der Waals surface area contributed by atoms with E-state index in [9.17, 15) is 4.79 Å². The van der Waals surface area contributed by atoms with E-state index in [4.69, 9.17) is 4.74 Å². The molecule has 0 saturated carbocycles. The predicted molar refractivity (Wildman–Crippen MR) is 62.8 cm³/mol. The van der Waals surface area contributed by atoms with E-state index in [0.717, 1.165) is 0 Å². The Labute approximate surface area is 105 Å². The number of halogens is 1. The number of carbonyl (C=O) groups excluding carboxylic acids is 1. The molecule has 0 atom stereocenters. The molecule has 0 aliphatic rings. The molecule has 0 spiro atoms. The number of nitrogens with one attached hydrogen (secondary N) is 2. The monoisotopic (exact) mass is 297 g/mol. The summed E-state index contributed by atoms with van der Waals surface area (Å²) < 4.78 is 5.24. The summed E-state index contributed by atoms with van der Waals surface area (Å²) >= 11 is 3.19. The second kappa shape index (κ2) is 4.91. The summed E-state index contributed by atoms with van der Waals surface area (Å²) in [6.45, 7) is 0. The largest absolute Gasteiger partial charge is 0.466 e. The van der Waals surface area contributed by atoms with Gasteiger partial charge in [0.2, 0.25) is 5.95 Å². The van der Waals surface area contributed by atoms with Crippen LogP contribution < -0.4 is 10.1 Å². The molecule has 0 radical (unpaired) electrons. The number of aromatic amines is 1. The Balaban J connectivity index is 2.14. The summed E-state index contributed by atoms with van der Waals surface area (Å²) in [5, 5.41) is 8.76. The molecule has 0 aromatic carbocycles. The second-order valence-electron chi connectivity index (χ2n) is 2.97. The first-order valence-corrected chi connectivity index (χ1v) is 5.38. The molecule has 88 valence electrons. The molecule has 17 heavy (non-hydrogen) atoms. The van der Waals surface area contributed by atoms with Gasteiger partial charge in [-0.2, -0.15) is 4.98 Å². The van der Waals surface area contributed by atoms with Gasteiger partial charge in [0.25, 0.3) is 5.91 Å². The average molecular weight is 298 g/mol. The number of pyridine rings is 1. The van der Waals surface area contributed by atoms with Gasteiger partial charge in [-0.3, -0.25) is 10.1 Å². The zero-order valence-electron chi connectivity index (χ0n) is 8.77. The van der Waals surface area contributed by atoms with Crippen molar-refractivity contribution in [1.29, 1.82) is 0 Å². The molecule has 2 heterocycles. The standard InChI is InChI=1S/C9H8BrN5O2/c1-17-9-13-8(14-15-9)12-7(16)5-3-2-4-11-6(5)10/h2-4H,1H3,(H2,12,13,14,15,16). The highest BCUT2D eigenvalue weighted by atomic mass is 79.9. The quantitative estimate of drug-likeness (QED) is 0.831. The number of nitrogens with zero attached hydrogens (tertiary/aromatic N) is 3. The minimum atomic E-state index is -0.344. The van der Waals surface area contributed by atoms with Crippen molar-refractivity contribution in [1.82, 2.24) is 20.2 Å². The number of hydrogen-bond acceptors (Lipinski definition) is 5. The maximum atomic E-state index is 11.8. The van der Waals surface area contributed by atoms with E-state index in [1.54, 1.807) is 18.3 Å². The van der Waals surface area contributed by atoms with E-state index in [-0.39, 0.29) is 17.9 Å². The Morgan fingerprint density at radius 1 is 1.59 bits per heavy atom. The van der Waals surface area contributed by atoms with Gasteiger partial charge in [-0.1, -0.05) is 0 Å². The Hall–Kier alpha value is -1.96. The molecular weight excluding hydrogens is 290 g/mol. The fourth-order valence-electron chi connectivity index (χ4n) is 1.12. The van der Waals surface area contributed by atoms with E-state index in [1.165, 1.54) is 7.11 Å². The van der Waals surface area contributed by atoms with Crippen LogP contribution in [0.5, 0.6) is 6.01 Å². The van der Waals surface area contributed by atoms with Gasteiger partial charge in [-0.15, -0.1) is 5.10 Å². The Kier molecular flexibility index (Phi) is 3.33. The number of ether oxygens (including phenoxy) is 1. The molecule has 0 unspecified atom stereocenters. The number of hydrogen-bond donors (Lipinski definition) is 2. The predicted octanol–water partition coefficient (Wildman–Crippen LogP) is 1.22. The normalized spacial score (nSPS) is 10.0. The third kappa shape index (κ3) is 2.59. The Bertz CT molecular complexity index is 542. The topological polar surface area (TPSA) is 92.8 Å². The van der Waals surface area contributed by atoms with E-state index < -0.39 is 0 Å².